The standard InChI is InChI=1S/C17H11N3O2S/c21-20-9-5-4-8-15(20)22-16-13-10-14(12-6-2-1-3-7-12)23-17(13)19-11-18-16/h1-11H. The Bertz CT molecular complexity index is 970. The van der Waals surface area contributed by atoms with Gasteiger partial charge < -0.3 is 9.94 Å². The highest BCUT2D eigenvalue weighted by Crippen LogP contribution is 2.36. The van der Waals surface area contributed by atoms with Crippen molar-refractivity contribution in [3.63, 3.8) is 0 Å². The molecular formula is C17H11N3O2S. The fourth-order valence-corrected chi connectivity index (χ4v) is 3.25. The van der Waals surface area contributed by atoms with E-state index in [1.54, 1.807) is 29.5 Å². The molecule has 0 aliphatic rings. The number of fused-ring (bicyclic) bond motifs is 1. The van der Waals surface area contributed by atoms with Gasteiger partial charge in [-0.05, 0) is 17.7 Å². The van der Waals surface area contributed by atoms with E-state index < -0.39 is 0 Å². The third-order valence-electron chi connectivity index (χ3n) is 3.34. The van der Waals surface area contributed by atoms with Crippen molar-refractivity contribution in [2.24, 2.45) is 0 Å². The fourth-order valence-electron chi connectivity index (χ4n) is 2.25. The molecule has 4 aromatic rings. The molecule has 0 fully saturated rings. The lowest BCUT2D eigenvalue weighted by Gasteiger charge is -2.04. The number of pyridine rings is 1. The molecule has 23 heavy (non-hydrogen) atoms. The largest absolute Gasteiger partial charge is 0.616 e. The van der Waals surface area contributed by atoms with Crippen LogP contribution in [0.15, 0.2) is 67.1 Å². The van der Waals surface area contributed by atoms with Crippen molar-refractivity contribution in [2.45, 2.75) is 0 Å². The second-order valence-corrected chi connectivity index (χ2v) is 5.87. The molecule has 112 valence electrons. The molecule has 3 aromatic heterocycles. The summed E-state index contributed by atoms with van der Waals surface area (Å²) >= 11 is 1.56. The summed E-state index contributed by atoms with van der Waals surface area (Å²) in [4.78, 5) is 10.4. The summed E-state index contributed by atoms with van der Waals surface area (Å²) in [5.74, 6) is 0.559. The minimum Gasteiger partial charge on any atom is -0.616 e. The van der Waals surface area contributed by atoms with Gasteiger partial charge in [-0.15, -0.1) is 16.1 Å². The van der Waals surface area contributed by atoms with Gasteiger partial charge >= 0.3 is 5.88 Å². The SMILES string of the molecule is [O-][n+]1ccccc1Oc1ncnc2sc(-c3ccccc3)cc12. The van der Waals surface area contributed by atoms with Crippen LogP contribution in [0.3, 0.4) is 0 Å². The molecule has 0 saturated heterocycles. The van der Waals surface area contributed by atoms with Crippen molar-refractivity contribution in [1.82, 2.24) is 9.97 Å². The number of nitrogens with zero attached hydrogens (tertiary/aromatic N) is 3. The van der Waals surface area contributed by atoms with Crippen molar-refractivity contribution in [2.75, 3.05) is 0 Å². The highest BCUT2D eigenvalue weighted by atomic mass is 32.1. The Morgan fingerprint density at radius 1 is 1.00 bits per heavy atom. The topological polar surface area (TPSA) is 62.0 Å². The molecule has 0 amide bonds. The van der Waals surface area contributed by atoms with Gasteiger partial charge in [-0.2, -0.15) is 0 Å². The van der Waals surface area contributed by atoms with E-state index >= 15 is 0 Å². The van der Waals surface area contributed by atoms with Crippen LogP contribution in [0.1, 0.15) is 0 Å². The zero-order valence-electron chi connectivity index (χ0n) is 11.9. The maximum atomic E-state index is 11.7. The summed E-state index contributed by atoms with van der Waals surface area (Å²) < 4.78 is 6.34. The fraction of sp³-hybridized carbons (Fsp3) is 0. The van der Waals surface area contributed by atoms with Gasteiger partial charge in [0.15, 0.2) is 6.20 Å². The minimum atomic E-state index is 0.181. The van der Waals surface area contributed by atoms with Gasteiger partial charge in [0, 0.05) is 10.9 Å². The Kier molecular flexibility index (Phi) is 3.36. The molecule has 5 nitrogen and oxygen atoms in total. The highest BCUT2D eigenvalue weighted by Gasteiger charge is 2.14. The lowest BCUT2D eigenvalue weighted by atomic mass is 10.2. The van der Waals surface area contributed by atoms with E-state index in [9.17, 15) is 5.21 Å². The summed E-state index contributed by atoms with van der Waals surface area (Å²) in [6.45, 7) is 0. The predicted octanol–water partition coefficient (Wildman–Crippen LogP) is 3.78. The van der Waals surface area contributed by atoms with Crippen molar-refractivity contribution < 1.29 is 9.47 Å². The van der Waals surface area contributed by atoms with E-state index in [-0.39, 0.29) is 5.88 Å². The van der Waals surface area contributed by atoms with Gasteiger partial charge in [-0.25, -0.2) is 9.97 Å². The van der Waals surface area contributed by atoms with Gasteiger partial charge in [0.2, 0.25) is 5.88 Å². The number of hydrogen-bond acceptors (Lipinski definition) is 5. The van der Waals surface area contributed by atoms with Gasteiger partial charge in [0.25, 0.3) is 0 Å². The molecule has 0 bridgehead atoms. The number of benzene rings is 1. The Morgan fingerprint density at radius 2 is 1.83 bits per heavy atom. The predicted molar refractivity (Wildman–Crippen MR) is 88.3 cm³/mol. The third kappa shape index (κ3) is 2.60. The number of ether oxygens (including phenoxy) is 1. The average molecular weight is 321 g/mol. The molecule has 0 atom stereocenters. The first-order chi connectivity index (χ1) is 11.3. The van der Waals surface area contributed by atoms with Crippen LogP contribution < -0.4 is 9.47 Å². The summed E-state index contributed by atoms with van der Waals surface area (Å²) in [7, 11) is 0. The first kappa shape index (κ1) is 13.7. The normalized spacial score (nSPS) is 10.8. The second-order valence-electron chi connectivity index (χ2n) is 4.84. The zero-order chi connectivity index (χ0) is 15.6. The molecule has 4 rings (SSSR count). The van der Waals surface area contributed by atoms with Gasteiger partial charge in [0.05, 0.1) is 11.5 Å². The van der Waals surface area contributed by atoms with Crippen molar-refractivity contribution in [3.8, 4) is 22.2 Å². The molecule has 1 aromatic carbocycles. The molecule has 0 saturated carbocycles. The summed E-state index contributed by atoms with van der Waals surface area (Å²) in [6, 6.07) is 17.0. The van der Waals surface area contributed by atoms with Gasteiger partial charge in [-0.1, -0.05) is 30.3 Å². The van der Waals surface area contributed by atoms with Crippen LogP contribution in [0.2, 0.25) is 0 Å². The van der Waals surface area contributed by atoms with Crippen LogP contribution in [0.5, 0.6) is 11.8 Å². The van der Waals surface area contributed by atoms with Crippen LogP contribution in [-0.4, -0.2) is 9.97 Å². The Morgan fingerprint density at radius 3 is 2.65 bits per heavy atom. The van der Waals surface area contributed by atoms with E-state index in [2.05, 4.69) is 9.97 Å². The summed E-state index contributed by atoms with van der Waals surface area (Å²) in [6.07, 6.45) is 2.83. The monoisotopic (exact) mass is 321 g/mol. The van der Waals surface area contributed by atoms with Crippen LogP contribution in [0, 0.1) is 5.21 Å². The Labute approximate surface area is 136 Å². The lowest BCUT2D eigenvalue weighted by Crippen LogP contribution is -2.26. The van der Waals surface area contributed by atoms with E-state index in [0.717, 1.165) is 20.7 Å². The van der Waals surface area contributed by atoms with E-state index in [1.807, 2.05) is 36.4 Å². The maximum Gasteiger partial charge on any atom is 0.386 e. The molecular weight excluding hydrogens is 310 g/mol. The van der Waals surface area contributed by atoms with Gasteiger partial charge in [0.1, 0.15) is 11.2 Å². The lowest BCUT2D eigenvalue weighted by molar-refractivity contribution is -0.611. The second kappa shape index (κ2) is 5.66. The number of thiophene rings is 1. The van der Waals surface area contributed by atoms with Crippen LogP contribution in [-0.2, 0) is 0 Å². The zero-order valence-corrected chi connectivity index (χ0v) is 12.7. The van der Waals surface area contributed by atoms with Crippen LogP contribution >= 0.6 is 11.3 Å². The first-order valence-electron chi connectivity index (χ1n) is 6.97. The minimum absolute atomic E-state index is 0.181. The maximum absolute atomic E-state index is 11.7. The average Bonchev–Trinajstić information content (AvgIpc) is 3.03. The van der Waals surface area contributed by atoms with Crippen LogP contribution in [0.25, 0.3) is 20.7 Å². The molecule has 3 heterocycles. The highest BCUT2D eigenvalue weighted by molar-refractivity contribution is 7.21. The number of aromatic nitrogens is 3. The summed E-state index contributed by atoms with van der Waals surface area (Å²) in [5, 5.41) is 12.5. The van der Waals surface area contributed by atoms with Gasteiger partial charge in [-0.3, -0.25) is 0 Å². The number of hydrogen-bond donors (Lipinski definition) is 0. The molecule has 0 aliphatic heterocycles. The van der Waals surface area contributed by atoms with E-state index in [0.29, 0.717) is 10.6 Å². The van der Waals surface area contributed by atoms with Crippen molar-refractivity contribution in [1.29, 1.82) is 0 Å². The Balaban J connectivity index is 1.79. The van der Waals surface area contributed by atoms with E-state index in [1.165, 1.54) is 12.5 Å². The first-order valence-corrected chi connectivity index (χ1v) is 7.79. The number of rotatable bonds is 3. The third-order valence-corrected chi connectivity index (χ3v) is 4.43. The molecule has 0 spiro atoms. The van der Waals surface area contributed by atoms with E-state index in [4.69, 9.17) is 4.74 Å². The van der Waals surface area contributed by atoms with Crippen molar-refractivity contribution >= 4 is 21.6 Å². The molecule has 6 heteroatoms. The Hall–Kier alpha value is -2.99. The molecule has 0 aliphatic carbocycles. The summed E-state index contributed by atoms with van der Waals surface area (Å²) in [5.41, 5.74) is 1.11. The quantitative estimate of drug-likeness (QED) is 0.425. The molecule has 0 radical (unpaired) electrons. The molecule has 0 unspecified atom stereocenters. The smallest absolute Gasteiger partial charge is 0.386 e. The molecule has 0 N–H and O–H groups in total. The van der Waals surface area contributed by atoms with Crippen molar-refractivity contribution in [3.05, 3.63) is 72.3 Å². The van der Waals surface area contributed by atoms with Crippen LogP contribution in [0.4, 0.5) is 0 Å².